The van der Waals surface area contributed by atoms with Crippen LogP contribution in [0.15, 0.2) is 48.0 Å². The van der Waals surface area contributed by atoms with Crippen LogP contribution in [0.25, 0.3) is 11.3 Å². The summed E-state index contributed by atoms with van der Waals surface area (Å²) in [6.07, 6.45) is 5.24. The highest BCUT2D eigenvalue weighted by Crippen LogP contribution is 2.15. The van der Waals surface area contributed by atoms with Crippen LogP contribution in [0.4, 0.5) is 0 Å². The number of aromatic nitrogens is 6. The Morgan fingerprint density at radius 1 is 1.29 bits per heavy atom. The van der Waals surface area contributed by atoms with Crippen LogP contribution in [0.3, 0.4) is 0 Å². The summed E-state index contributed by atoms with van der Waals surface area (Å²) in [7, 11) is 1.73. The summed E-state index contributed by atoms with van der Waals surface area (Å²) in [4.78, 5) is 20.3. The van der Waals surface area contributed by atoms with Crippen LogP contribution in [0.5, 0.6) is 0 Å². The molecule has 0 bridgehead atoms. The van der Waals surface area contributed by atoms with Crippen molar-refractivity contribution < 1.29 is 4.79 Å². The van der Waals surface area contributed by atoms with Gasteiger partial charge in [-0.25, -0.2) is 4.68 Å². The van der Waals surface area contributed by atoms with Crippen molar-refractivity contribution in [2.45, 2.75) is 11.7 Å². The van der Waals surface area contributed by atoms with Crippen LogP contribution in [-0.4, -0.2) is 41.8 Å². The molecular formula is C15H15N7OS. The van der Waals surface area contributed by atoms with Crippen LogP contribution in [0, 0.1) is 0 Å². The van der Waals surface area contributed by atoms with Crippen LogP contribution in [-0.2, 0) is 18.4 Å². The van der Waals surface area contributed by atoms with Crippen molar-refractivity contribution >= 4 is 17.7 Å². The van der Waals surface area contributed by atoms with E-state index in [-0.39, 0.29) is 11.7 Å². The zero-order chi connectivity index (χ0) is 16.8. The Morgan fingerprint density at radius 3 is 2.88 bits per heavy atom. The van der Waals surface area contributed by atoms with Gasteiger partial charge < -0.3 is 5.32 Å². The molecule has 0 atom stereocenters. The highest BCUT2D eigenvalue weighted by molar-refractivity contribution is 7.99. The van der Waals surface area contributed by atoms with Gasteiger partial charge in [0.15, 0.2) is 0 Å². The van der Waals surface area contributed by atoms with E-state index in [0.29, 0.717) is 11.7 Å². The summed E-state index contributed by atoms with van der Waals surface area (Å²) in [6, 6.07) is 7.68. The van der Waals surface area contributed by atoms with E-state index >= 15 is 0 Å². The molecule has 0 aliphatic carbocycles. The molecule has 0 saturated heterocycles. The smallest absolute Gasteiger partial charge is 0.230 e. The quantitative estimate of drug-likeness (QED) is 0.670. The highest BCUT2D eigenvalue weighted by Gasteiger charge is 2.07. The number of nitrogens with one attached hydrogen (secondary N) is 1. The lowest BCUT2D eigenvalue weighted by atomic mass is 10.1. The molecule has 0 fully saturated rings. The average molecular weight is 341 g/mol. The van der Waals surface area contributed by atoms with Gasteiger partial charge in [0.25, 0.3) is 0 Å². The summed E-state index contributed by atoms with van der Waals surface area (Å²) in [5, 5.41) is 14.5. The summed E-state index contributed by atoms with van der Waals surface area (Å²) in [5.74, 6) is 0.175. The number of rotatable bonds is 6. The lowest BCUT2D eigenvalue weighted by Gasteiger charge is -2.06. The fourth-order valence-corrected chi connectivity index (χ4v) is 2.62. The largest absolute Gasteiger partial charge is 0.351 e. The summed E-state index contributed by atoms with van der Waals surface area (Å²) in [6.45, 7) is 0.427. The molecule has 0 aliphatic heterocycles. The molecule has 122 valence electrons. The fraction of sp³-hybridized carbons (Fsp3) is 0.200. The molecule has 3 heterocycles. The van der Waals surface area contributed by atoms with Crippen molar-refractivity contribution in [2.75, 3.05) is 5.75 Å². The Labute approximate surface area is 142 Å². The van der Waals surface area contributed by atoms with Crippen molar-refractivity contribution in [2.24, 2.45) is 7.05 Å². The third-order valence-corrected chi connectivity index (χ3v) is 4.20. The van der Waals surface area contributed by atoms with E-state index in [4.69, 9.17) is 0 Å². The van der Waals surface area contributed by atoms with Gasteiger partial charge >= 0.3 is 0 Å². The van der Waals surface area contributed by atoms with E-state index in [0.717, 1.165) is 16.8 Å². The molecule has 0 saturated carbocycles. The van der Waals surface area contributed by atoms with E-state index in [1.165, 1.54) is 16.4 Å². The number of thioether (sulfide) groups is 1. The highest BCUT2D eigenvalue weighted by atomic mass is 32.2. The predicted molar refractivity (Wildman–Crippen MR) is 88.8 cm³/mol. The van der Waals surface area contributed by atoms with E-state index < -0.39 is 0 Å². The van der Waals surface area contributed by atoms with Gasteiger partial charge in [-0.05, 0) is 34.2 Å². The van der Waals surface area contributed by atoms with Gasteiger partial charge in [-0.15, -0.1) is 5.10 Å². The minimum Gasteiger partial charge on any atom is -0.351 e. The first-order chi connectivity index (χ1) is 11.7. The number of carbonyl (C=O) groups is 1. The molecule has 1 N–H and O–H groups in total. The monoisotopic (exact) mass is 341 g/mol. The van der Waals surface area contributed by atoms with Gasteiger partial charge in [-0.1, -0.05) is 17.8 Å². The SMILES string of the molecule is Cn1nnnc1SCC(=O)NCc1ccc(-c2cccnc2)nc1. The summed E-state index contributed by atoms with van der Waals surface area (Å²) < 4.78 is 1.53. The number of pyridine rings is 2. The standard InChI is InChI=1S/C15H15N7OS/c1-22-15(19-20-21-22)24-10-14(23)18-8-11-4-5-13(17-7-11)12-3-2-6-16-9-12/h2-7,9H,8,10H2,1H3,(H,18,23). The van der Waals surface area contributed by atoms with Crippen molar-refractivity contribution in [3.63, 3.8) is 0 Å². The van der Waals surface area contributed by atoms with Gasteiger partial charge in [0.05, 0.1) is 11.4 Å². The van der Waals surface area contributed by atoms with Crippen molar-refractivity contribution in [1.29, 1.82) is 0 Å². The first kappa shape index (κ1) is 16.1. The molecular weight excluding hydrogens is 326 g/mol. The lowest BCUT2D eigenvalue weighted by molar-refractivity contribution is -0.118. The number of aryl methyl sites for hydroxylation is 1. The Balaban J connectivity index is 1.49. The number of tetrazole rings is 1. The molecule has 8 nitrogen and oxygen atoms in total. The maximum atomic E-state index is 11.9. The van der Waals surface area contributed by atoms with Gasteiger partial charge in [0.2, 0.25) is 11.1 Å². The zero-order valence-electron chi connectivity index (χ0n) is 13.0. The molecule has 0 spiro atoms. The second-order valence-electron chi connectivity index (χ2n) is 4.94. The molecule has 0 aliphatic rings. The number of hydrogen-bond acceptors (Lipinski definition) is 7. The summed E-state index contributed by atoms with van der Waals surface area (Å²) >= 11 is 1.29. The third kappa shape index (κ3) is 4.13. The second kappa shape index (κ2) is 7.64. The minimum atomic E-state index is -0.0839. The third-order valence-electron chi connectivity index (χ3n) is 3.19. The fourth-order valence-electron chi connectivity index (χ4n) is 1.94. The molecule has 0 aromatic carbocycles. The number of nitrogens with zero attached hydrogens (tertiary/aromatic N) is 6. The topological polar surface area (TPSA) is 98.5 Å². The Hall–Kier alpha value is -2.81. The van der Waals surface area contributed by atoms with Gasteiger partial charge in [-0.2, -0.15) is 0 Å². The maximum absolute atomic E-state index is 11.9. The second-order valence-corrected chi connectivity index (χ2v) is 5.89. The number of carbonyl (C=O) groups excluding carboxylic acids is 1. The van der Waals surface area contributed by atoms with Crippen LogP contribution in [0.2, 0.25) is 0 Å². The predicted octanol–water partition coefficient (Wildman–Crippen LogP) is 1.08. The number of hydrogen-bond donors (Lipinski definition) is 1. The Morgan fingerprint density at radius 2 is 2.21 bits per heavy atom. The van der Waals surface area contributed by atoms with Crippen molar-refractivity contribution in [3.05, 3.63) is 48.4 Å². The molecule has 0 unspecified atom stereocenters. The van der Waals surface area contributed by atoms with E-state index in [2.05, 4.69) is 30.8 Å². The molecule has 1 amide bonds. The molecule has 3 aromatic rings. The maximum Gasteiger partial charge on any atom is 0.230 e. The van der Waals surface area contributed by atoms with Crippen LogP contribution < -0.4 is 5.32 Å². The number of amides is 1. The first-order valence-electron chi connectivity index (χ1n) is 7.19. The molecule has 3 aromatic heterocycles. The zero-order valence-corrected chi connectivity index (χ0v) is 13.8. The van der Waals surface area contributed by atoms with Gasteiger partial charge in [0.1, 0.15) is 0 Å². The van der Waals surface area contributed by atoms with Crippen LogP contribution >= 0.6 is 11.8 Å². The normalized spacial score (nSPS) is 10.5. The molecule has 3 rings (SSSR count). The molecule has 0 radical (unpaired) electrons. The van der Waals surface area contributed by atoms with E-state index in [9.17, 15) is 4.79 Å². The average Bonchev–Trinajstić information content (AvgIpc) is 3.04. The molecule has 9 heteroatoms. The summed E-state index contributed by atoms with van der Waals surface area (Å²) in [5.41, 5.74) is 2.74. The van der Waals surface area contributed by atoms with Crippen molar-refractivity contribution in [1.82, 2.24) is 35.5 Å². The van der Waals surface area contributed by atoms with Gasteiger partial charge in [-0.3, -0.25) is 14.8 Å². The first-order valence-corrected chi connectivity index (χ1v) is 8.18. The van der Waals surface area contributed by atoms with Crippen molar-refractivity contribution in [3.8, 4) is 11.3 Å². The molecule has 24 heavy (non-hydrogen) atoms. The Bertz CT molecular complexity index is 804. The van der Waals surface area contributed by atoms with Crippen LogP contribution in [0.1, 0.15) is 5.56 Å². The van der Waals surface area contributed by atoms with Gasteiger partial charge in [0, 0.05) is 37.7 Å². The minimum absolute atomic E-state index is 0.0839. The Kier molecular flexibility index (Phi) is 5.12. The van der Waals surface area contributed by atoms with E-state index in [1.54, 1.807) is 25.6 Å². The van der Waals surface area contributed by atoms with E-state index in [1.807, 2.05) is 24.3 Å². The lowest BCUT2D eigenvalue weighted by Crippen LogP contribution is -2.24.